The van der Waals surface area contributed by atoms with E-state index < -0.39 is 0 Å². The monoisotopic (exact) mass is 467 g/mol. The molecule has 1 aliphatic heterocycles. The average molecular weight is 468 g/mol. The van der Waals surface area contributed by atoms with Gasteiger partial charge in [0, 0.05) is 30.5 Å². The molecule has 0 aliphatic carbocycles. The van der Waals surface area contributed by atoms with E-state index in [-0.39, 0.29) is 17.4 Å². The maximum absolute atomic E-state index is 9.28. The van der Waals surface area contributed by atoms with Crippen LogP contribution in [-0.2, 0) is 6.42 Å². The number of unbranched alkanes of at least 4 members (excludes halogenated alkanes) is 1. The van der Waals surface area contributed by atoms with Gasteiger partial charge in [-0.15, -0.1) is 0 Å². The summed E-state index contributed by atoms with van der Waals surface area (Å²) in [6.45, 7) is 10.3. The predicted molar refractivity (Wildman–Crippen MR) is 142 cm³/mol. The van der Waals surface area contributed by atoms with E-state index in [0.29, 0.717) is 17.9 Å². The lowest BCUT2D eigenvalue weighted by Gasteiger charge is -2.09. The van der Waals surface area contributed by atoms with Gasteiger partial charge in [0.15, 0.2) is 0 Å². The van der Waals surface area contributed by atoms with E-state index in [0.717, 1.165) is 25.8 Å². The first-order chi connectivity index (χ1) is 16.3. The van der Waals surface area contributed by atoms with Crippen LogP contribution in [0.5, 0.6) is 5.75 Å². The average Bonchev–Trinajstić information content (AvgIpc) is 2.85. The van der Waals surface area contributed by atoms with Gasteiger partial charge in [0.05, 0.1) is 5.56 Å². The van der Waals surface area contributed by atoms with Gasteiger partial charge >= 0.3 is 0 Å². The Kier molecular flexibility index (Phi) is 16.4. The number of rotatable bonds is 5. The number of nitrogen functional groups attached to an aromatic ring is 1. The largest absolute Gasteiger partial charge is 0.506 e. The van der Waals surface area contributed by atoms with Crippen LogP contribution in [0.2, 0.25) is 0 Å². The summed E-state index contributed by atoms with van der Waals surface area (Å²) in [4.78, 5) is 0. The van der Waals surface area contributed by atoms with Crippen LogP contribution in [-0.4, -0.2) is 34.6 Å². The lowest BCUT2D eigenvalue weighted by Crippen LogP contribution is -2.08. The van der Waals surface area contributed by atoms with Crippen LogP contribution in [0.25, 0.3) is 5.57 Å². The normalized spacial score (nSPS) is 11.3. The van der Waals surface area contributed by atoms with Gasteiger partial charge in [-0.2, -0.15) is 5.26 Å². The van der Waals surface area contributed by atoms with Gasteiger partial charge in [0.2, 0.25) is 0 Å². The Morgan fingerprint density at radius 3 is 2.21 bits per heavy atom. The van der Waals surface area contributed by atoms with E-state index in [1.54, 1.807) is 26.8 Å². The Hall–Kier alpha value is -3.27. The van der Waals surface area contributed by atoms with Crippen molar-refractivity contribution in [1.29, 1.82) is 5.26 Å². The van der Waals surface area contributed by atoms with Crippen molar-refractivity contribution < 1.29 is 15.3 Å². The number of aliphatic hydroxyl groups is 2. The number of hydrogen-bond donors (Lipinski definition) is 5. The van der Waals surface area contributed by atoms with Gasteiger partial charge < -0.3 is 26.4 Å². The molecule has 0 aromatic heterocycles. The number of nitrogens with two attached hydrogens (primary N) is 1. The fourth-order valence-corrected chi connectivity index (χ4v) is 2.78. The minimum absolute atomic E-state index is 0.0208. The molecule has 0 radical (unpaired) electrons. The molecule has 0 bridgehead atoms. The molecule has 6 N–H and O–H groups in total. The standard InChI is InChI=1S/C15H19NO.C8H8N2O.C3H8O.C2H6/c17-12-2-1-3-13-4-6-14(7-5-13)15-8-10-16-11-9-15;1-5-7(10)3-2-6(4-9)8(5)11;1-3(2)4;1-2/h4-10,16-17H,1-3,11-12H2;2-3,11H,10H2,1H3;3-4H,1-2H3;1-2H3. The summed E-state index contributed by atoms with van der Waals surface area (Å²) in [6.07, 6.45) is 9.12. The van der Waals surface area contributed by atoms with E-state index in [4.69, 9.17) is 21.2 Å². The van der Waals surface area contributed by atoms with Crippen LogP contribution < -0.4 is 11.1 Å². The van der Waals surface area contributed by atoms with Crippen LogP contribution >= 0.6 is 0 Å². The Labute approximate surface area is 205 Å². The molecule has 0 fully saturated rings. The summed E-state index contributed by atoms with van der Waals surface area (Å²) in [5.74, 6) is -0.0208. The maximum Gasteiger partial charge on any atom is 0.138 e. The summed E-state index contributed by atoms with van der Waals surface area (Å²) < 4.78 is 0. The summed E-state index contributed by atoms with van der Waals surface area (Å²) in [5.41, 5.74) is 10.7. The Morgan fingerprint density at radius 2 is 1.71 bits per heavy atom. The number of aromatic hydroxyl groups is 1. The van der Waals surface area contributed by atoms with Crippen molar-refractivity contribution in [3.8, 4) is 11.8 Å². The number of allylic oxidation sites excluding steroid dienone is 2. The second-order valence-corrected chi connectivity index (χ2v) is 7.66. The first-order valence-corrected chi connectivity index (χ1v) is 11.8. The predicted octanol–water partition coefficient (Wildman–Crippen LogP) is 5.07. The first kappa shape index (κ1) is 30.7. The number of aliphatic hydroxyl groups excluding tert-OH is 2. The Morgan fingerprint density at radius 1 is 1.09 bits per heavy atom. The molecule has 0 spiro atoms. The number of phenols is 1. The zero-order chi connectivity index (χ0) is 25.9. The highest BCUT2D eigenvalue weighted by molar-refractivity contribution is 5.74. The van der Waals surface area contributed by atoms with E-state index >= 15 is 0 Å². The fraction of sp³-hybridized carbons (Fsp3) is 0.393. The van der Waals surface area contributed by atoms with Crippen LogP contribution in [0, 0.1) is 18.3 Å². The Balaban J connectivity index is 0.000000551. The summed E-state index contributed by atoms with van der Waals surface area (Å²) in [5, 5.41) is 37.7. The number of nitrogens with one attached hydrogen (secondary N) is 1. The van der Waals surface area contributed by atoms with Gasteiger partial charge in [0.25, 0.3) is 0 Å². The number of dihydropyridines is 1. The zero-order valence-corrected chi connectivity index (χ0v) is 21.2. The van der Waals surface area contributed by atoms with Crippen molar-refractivity contribution in [2.45, 2.75) is 60.0 Å². The van der Waals surface area contributed by atoms with Crippen molar-refractivity contribution >= 4 is 11.3 Å². The van der Waals surface area contributed by atoms with Crippen LogP contribution in [0.4, 0.5) is 5.69 Å². The second kappa shape index (κ2) is 18.2. The second-order valence-electron chi connectivity index (χ2n) is 7.66. The quantitative estimate of drug-likeness (QED) is 0.309. The number of hydrogen-bond acceptors (Lipinski definition) is 6. The summed E-state index contributed by atoms with van der Waals surface area (Å²) in [7, 11) is 0. The third-order valence-corrected chi connectivity index (χ3v) is 4.57. The first-order valence-electron chi connectivity index (χ1n) is 11.8. The van der Waals surface area contributed by atoms with Gasteiger partial charge in [-0.3, -0.25) is 0 Å². The van der Waals surface area contributed by atoms with Crippen molar-refractivity contribution in [1.82, 2.24) is 5.32 Å². The molecule has 2 aromatic carbocycles. The smallest absolute Gasteiger partial charge is 0.138 e. The number of nitrogens with zero attached hydrogens (tertiary/aromatic N) is 1. The van der Waals surface area contributed by atoms with E-state index in [9.17, 15) is 5.11 Å². The molecule has 6 nitrogen and oxygen atoms in total. The van der Waals surface area contributed by atoms with Crippen molar-refractivity contribution in [3.05, 3.63) is 77.0 Å². The van der Waals surface area contributed by atoms with Crippen molar-refractivity contribution in [3.63, 3.8) is 0 Å². The minimum Gasteiger partial charge on any atom is -0.506 e. The lowest BCUT2D eigenvalue weighted by molar-refractivity contribution is 0.216. The molecule has 1 aliphatic rings. The topological polar surface area (TPSA) is 123 Å². The molecule has 6 heteroatoms. The van der Waals surface area contributed by atoms with E-state index in [1.165, 1.54) is 22.8 Å². The van der Waals surface area contributed by atoms with Crippen LogP contribution in [0.15, 0.2) is 54.8 Å². The number of anilines is 1. The molecule has 3 rings (SSSR count). The molecule has 2 aromatic rings. The number of benzene rings is 2. The molecular formula is C28H41N3O3. The number of phenolic OH excluding ortho intramolecular Hbond substituents is 1. The van der Waals surface area contributed by atoms with E-state index in [1.807, 2.05) is 26.1 Å². The zero-order valence-electron chi connectivity index (χ0n) is 21.2. The van der Waals surface area contributed by atoms with Crippen LogP contribution in [0.3, 0.4) is 0 Å². The van der Waals surface area contributed by atoms with Gasteiger partial charge in [0.1, 0.15) is 11.8 Å². The van der Waals surface area contributed by atoms with E-state index in [2.05, 4.69) is 41.7 Å². The molecule has 0 saturated heterocycles. The summed E-state index contributed by atoms with van der Waals surface area (Å²) in [6, 6.07) is 13.7. The van der Waals surface area contributed by atoms with Gasteiger partial charge in [-0.1, -0.05) is 44.2 Å². The molecule has 34 heavy (non-hydrogen) atoms. The molecular weight excluding hydrogens is 426 g/mol. The molecule has 0 saturated carbocycles. The van der Waals surface area contributed by atoms with Gasteiger partial charge in [-0.05, 0) is 81.1 Å². The van der Waals surface area contributed by atoms with Crippen molar-refractivity contribution in [2.75, 3.05) is 18.9 Å². The minimum atomic E-state index is -0.167. The molecule has 0 unspecified atom stereocenters. The highest BCUT2D eigenvalue weighted by Gasteiger charge is 2.05. The molecule has 1 heterocycles. The van der Waals surface area contributed by atoms with Crippen molar-refractivity contribution in [2.24, 2.45) is 0 Å². The number of nitriles is 1. The third kappa shape index (κ3) is 12.1. The SMILES string of the molecule is CC.CC(C)O.Cc1c(N)ccc(C#N)c1O.OCCCCc1ccc(C2=CCNC=C2)cc1. The molecule has 0 atom stereocenters. The third-order valence-electron chi connectivity index (χ3n) is 4.57. The Bertz CT molecular complexity index is 924. The molecule has 0 amide bonds. The highest BCUT2D eigenvalue weighted by Crippen LogP contribution is 2.25. The van der Waals surface area contributed by atoms with Gasteiger partial charge in [-0.25, -0.2) is 0 Å². The fourth-order valence-electron chi connectivity index (χ4n) is 2.78. The molecule has 186 valence electrons. The summed E-state index contributed by atoms with van der Waals surface area (Å²) >= 11 is 0. The lowest BCUT2D eigenvalue weighted by atomic mass is 10.0. The maximum atomic E-state index is 9.28. The highest BCUT2D eigenvalue weighted by atomic mass is 16.3. The van der Waals surface area contributed by atoms with Crippen LogP contribution in [0.1, 0.15) is 62.8 Å². The number of aryl methyl sites for hydroxylation is 1.